The summed E-state index contributed by atoms with van der Waals surface area (Å²) in [7, 11) is 0. The molecular weight excluding hydrogens is 641 g/mol. The lowest BCUT2D eigenvalue weighted by Crippen LogP contribution is -2.29. The first kappa shape index (κ1) is 32.3. The molecule has 0 atom stereocenters. The summed E-state index contributed by atoms with van der Waals surface area (Å²) in [6.45, 7) is 9.38. The number of fused-ring (bicyclic) bond motifs is 5. The topological polar surface area (TPSA) is 6.48 Å². The Morgan fingerprint density at radius 1 is 0.377 bits per heavy atom. The first-order valence-corrected chi connectivity index (χ1v) is 20.0. The van der Waals surface area contributed by atoms with Crippen molar-refractivity contribution in [1.82, 2.24) is 0 Å². The molecule has 2 saturated heterocycles. The van der Waals surface area contributed by atoms with Crippen LogP contribution in [0.4, 0.5) is 11.4 Å². The molecule has 7 aromatic rings. The van der Waals surface area contributed by atoms with Crippen molar-refractivity contribution < 1.29 is 0 Å². The SMILES string of the molecule is CC1(C)c2cc(-c3ccccc3)ccc2-c2ccc(-c3c4ccc(N5CCCCC5)cc4c(-c4ccccc4)c4ccc(N5CCCCC5)cc34)cc21. The van der Waals surface area contributed by atoms with Crippen molar-refractivity contribution in [3.63, 3.8) is 0 Å². The van der Waals surface area contributed by atoms with E-state index in [0.29, 0.717) is 0 Å². The summed E-state index contributed by atoms with van der Waals surface area (Å²) in [4.78, 5) is 5.23. The Morgan fingerprint density at radius 2 is 0.830 bits per heavy atom. The quantitative estimate of drug-likeness (QED) is 0.166. The van der Waals surface area contributed by atoms with Crippen LogP contribution in [0.1, 0.15) is 63.5 Å². The Morgan fingerprint density at radius 3 is 1.36 bits per heavy atom. The van der Waals surface area contributed by atoms with Crippen molar-refractivity contribution in [2.75, 3.05) is 36.0 Å². The van der Waals surface area contributed by atoms with E-state index in [1.807, 2.05) is 0 Å². The summed E-state index contributed by atoms with van der Waals surface area (Å²) in [5, 5.41) is 5.38. The van der Waals surface area contributed by atoms with E-state index in [-0.39, 0.29) is 5.41 Å². The maximum absolute atomic E-state index is 2.62. The van der Waals surface area contributed by atoms with Crippen LogP contribution in [0, 0.1) is 0 Å². The molecule has 2 nitrogen and oxygen atoms in total. The molecule has 2 fully saturated rings. The fraction of sp³-hybridized carbons (Fsp3) is 0.255. The fourth-order valence-electron chi connectivity index (χ4n) is 9.83. The fourth-order valence-corrected chi connectivity index (χ4v) is 9.83. The van der Waals surface area contributed by atoms with E-state index < -0.39 is 0 Å². The van der Waals surface area contributed by atoms with Gasteiger partial charge in [-0.2, -0.15) is 0 Å². The van der Waals surface area contributed by atoms with Crippen LogP contribution in [0.2, 0.25) is 0 Å². The van der Waals surface area contributed by atoms with Crippen LogP contribution in [0.15, 0.2) is 133 Å². The monoisotopic (exact) mass is 688 g/mol. The molecule has 0 aromatic heterocycles. The summed E-state index contributed by atoms with van der Waals surface area (Å²) in [5.74, 6) is 0. The summed E-state index contributed by atoms with van der Waals surface area (Å²) in [6, 6.07) is 51.2. The molecule has 262 valence electrons. The van der Waals surface area contributed by atoms with Gasteiger partial charge in [-0.05, 0) is 152 Å². The maximum atomic E-state index is 2.62. The first-order chi connectivity index (χ1) is 26.0. The van der Waals surface area contributed by atoms with E-state index in [2.05, 4.69) is 157 Å². The van der Waals surface area contributed by atoms with Gasteiger partial charge >= 0.3 is 0 Å². The lowest BCUT2D eigenvalue weighted by Gasteiger charge is -2.30. The van der Waals surface area contributed by atoms with Gasteiger partial charge in [-0.1, -0.05) is 111 Å². The van der Waals surface area contributed by atoms with Gasteiger partial charge in [0.05, 0.1) is 0 Å². The Labute approximate surface area is 314 Å². The van der Waals surface area contributed by atoms with Gasteiger partial charge in [0.2, 0.25) is 0 Å². The molecule has 53 heavy (non-hydrogen) atoms. The molecule has 0 radical (unpaired) electrons. The molecule has 0 unspecified atom stereocenters. The molecule has 0 N–H and O–H groups in total. The number of benzene rings is 7. The molecular formula is C51H48N2. The maximum Gasteiger partial charge on any atom is 0.0372 e. The molecule has 0 spiro atoms. The zero-order valence-corrected chi connectivity index (χ0v) is 31.2. The number of nitrogens with zero attached hydrogens (tertiary/aromatic N) is 2. The van der Waals surface area contributed by atoms with Gasteiger partial charge in [0.15, 0.2) is 0 Å². The minimum absolute atomic E-state index is 0.124. The Hall–Kier alpha value is -5.34. The van der Waals surface area contributed by atoms with Crippen molar-refractivity contribution in [3.05, 3.63) is 145 Å². The summed E-state index contributed by atoms with van der Waals surface area (Å²) >= 11 is 0. The van der Waals surface area contributed by atoms with Crippen molar-refractivity contribution in [1.29, 1.82) is 0 Å². The lowest BCUT2D eigenvalue weighted by atomic mass is 9.80. The number of rotatable bonds is 5. The molecule has 2 heteroatoms. The van der Waals surface area contributed by atoms with Gasteiger partial charge in [0.25, 0.3) is 0 Å². The molecule has 2 heterocycles. The predicted octanol–water partition coefficient (Wildman–Crippen LogP) is 13.3. The predicted molar refractivity (Wildman–Crippen MR) is 227 cm³/mol. The van der Waals surface area contributed by atoms with Gasteiger partial charge in [0.1, 0.15) is 0 Å². The molecule has 1 aliphatic carbocycles. The highest BCUT2D eigenvalue weighted by molar-refractivity contribution is 6.22. The third-order valence-electron chi connectivity index (χ3n) is 12.7. The second-order valence-electron chi connectivity index (χ2n) is 16.2. The van der Waals surface area contributed by atoms with Crippen LogP contribution in [-0.2, 0) is 5.41 Å². The zero-order valence-electron chi connectivity index (χ0n) is 31.2. The molecule has 7 aromatic carbocycles. The number of hydrogen-bond donors (Lipinski definition) is 0. The highest BCUT2D eigenvalue weighted by Gasteiger charge is 2.36. The standard InChI is InChI=1S/C51H48N2/c1-51(2)47-31-37(35-15-7-3-8-16-35)19-23-41(47)42-24-20-38(32-48(42)51)50-44-26-22-39(52-27-11-5-12-28-52)33-45(44)49(36-17-9-4-10-18-36)43-25-21-40(34-46(43)50)53-29-13-6-14-30-53/h3-4,7-10,15-26,31-34H,5-6,11-14,27-30H2,1-2H3. The van der Waals surface area contributed by atoms with Crippen LogP contribution >= 0.6 is 0 Å². The number of hydrogen-bond acceptors (Lipinski definition) is 2. The van der Waals surface area contributed by atoms with Crippen LogP contribution < -0.4 is 9.80 Å². The molecule has 0 saturated carbocycles. The van der Waals surface area contributed by atoms with E-state index in [9.17, 15) is 0 Å². The van der Waals surface area contributed by atoms with E-state index in [4.69, 9.17) is 0 Å². The molecule has 10 rings (SSSR count). The van der Waals surface area contributed by atoms with Crippen molar-refractivity contribution in [2.24, 2.45) is 0 Å². The largest absolute Gasteiger partial charge is 0.372 e. The van der Waals surface area contributed by atoms with E-state index in [1.54, 1.807) is 0 Å². The van der Waals surface area contributed by atoms with Crippen LogP contribution in [0.25, 0.3) is 66.1 Å². The van der Waals surface area contributed by atoms with Crippen molar-refractivity contribution in [3.8, 4) is 44.5 Å². The van der Waals surface area contributed by atoms with Gasteiger partial charge in [0, 0.05) is 43.0 Å². The molecule has 3 aliphatic rings. The van der Waals surface area contributed by atoms with Gasteiger partial charge < -0.3 is 9.80 Å². The lowest BCUT2D eigenvalue weighted by molar-refractivity contribution is 0.578. The van der Waals surface area contributed by atoms with Gasteiger partial charge in [-0.25, -0.2) is 0 Å². The highest BCUT2D eigenvalue weighted by atomic mass is 15.1. The van der Waals surface area contributed by atoms with Crippen molar-refractivity contribution >= 4 is 32.9 Å². The number of piperidine rings is 2. The second-order valence-corrected chi connectivity index (χ2v) is 16.2. The van der Waals surface area contributed by atoms with Gasteiger partial charge in [-0.3, -0.25) is 0 Å². The average molecular weight is 689 g/mol. The smallest absolute Gasteiger partial charge is 0.0372 e. The van der Waals surface area contributed by atoms with Crippen molar-refractivity contribution in [2.45, 2.75) is 57.8 Å². The van der Waals surface area contributed by atoms with E-state index in [1.165, 1.54) is 127 Å². The van der Waals surface area contributed by atoms with Gasteiger partial charge in [-0.15, -0.1) is 0 Å². The van der Waals surface area contributed by atoms with E-state index >= 15 is 0 Å². The zero-order chi connectivity index (χ0) is 35.5. The number of anilines is 2. The van der Waals surface area contributed by atoms with Crippen LogP contribution in [-0.4, -0.2) is 26.2 Å². The minimum Gasteiger partial charge on any atom is -0.372 e. The molecule has 2 aliphatic heterocycles. The van der Waals surface area contributed by atoms with E-state index in [0.717, 1.165) is 26.2 Å². The molecule has 0 amide bonds. The highest BCUT2D eigenvalue weighted by Crippen LogP contribution is 2.52. The molecule has 0 bridgehead atoms. The van der Waals surface area contributed by atoms with Crippen LogP contribution in [0.3, 0.4) is 0 Å². The Bertz CT molecular complexity index is 2480. The third kappa shape index (κ3) is 5.45. The normalized spacial score (nSPS) is 16.6. The summed E-state index contributed by atoms with van der Waals surface area (Å²) < 4.78 is 0. The first-order valence-electron chi connectivity index (χ1n) is 20.0. The third-order valence-corrected chi connectivity index (χ3v) is 12.7. The summed E-state index contributed by atoms with van der Waals surface area (Å²) in [6.07, 6.45) is 7.74. The minimum atomic E-state index is -0.124. The average Bonchev–Trinajstić information content (AvgIpc) is 3.45. The second kappa shape index (κ2) is 13.0. The summed E-state index contributed by atoms with van der Waals surface area (Å²) in [5.41, 5.74) is 16.0. The Kier molecular flexibility index (Phi) is 7.90. The van der Waals surface area contributed by atoms with Crippen LogP contribution in [0.5, 0.6) is 0 Å². The Balaban J connectivity index is 1.22.